The maximum Gasteiger partial charge on any atom is 0.386 e. The predicted molar refractivity (Wildman–Crippen MR) is 497 cm³/mol. The number of rotatable bonds is 6. The van der Waals surface area contributed by atoms with Crippen LogP contribution >= 0.6 is 87.9 Å². The first-order valence-corrected chi connectivity index (χ1v) is 58.6. The summed E-state index contributed by atoms with van der Waals surface area (Å²) in [6, 6.07) is 4.74. The van der Waals surface area contributed by atoms with Gasteiger partial charge in [0.05, 0.1) is 124 Å². The quantitative estimate of drug-likeness (QED) is 0.0645. The van der Waals surface area contributed by atoms with Crippen molar-refractivity contribution in [2.75, 3.05) is 87.3 Å². The van der Waals surface area contributed by atoms with Crippen LogP contribution in [0.3, 0.4) is 0 Å². The number of H-pyrrole nitrogens is 3. The Hall–Kier alpha value is -6.57. The van der Waals surface area contributed by atoms with Crippen LogP contribution in [-0.4, -0.2) is 286 Å². The van der Waals surface area contributed by atoms with Crippen LogP contribution in [0.25, 0.3) is 67.0 Å². The van der Waals surface area contributed by atoms with E-state index in [1.54, 1.807) is 21.3 Å². The molecule has 734 valence electrons. The van der Waals surface area contributed by atoms with E-state index in [1.807, 2.05) is 0 Å². The van der Waals surface area contributed by atoms with E-state index in [0.29, 0.717) is 44.9 Å². The van der Waals surface area contributed by atoms with E-state index in [1.165, 1.54) is 80.9 Å². The Balaban J connectivity index is 0.000000123. The Morgan fingerprint density at radius 2 is 0.715 bits per heavy atom. The molecule has 12 aromatic rings. The van der Waals surface area contributed by atoms with Crippen LogP contribution < -0.4 is 51.1 Å². The highest BCUT2D eigenvalue weighted by Gasteiger charge is 2.68. The van der Waals surface area contributed by atoms with Gasteiger partial charge in [0.15, 0.2) is 75.3 Å². The van der Waals surface area contributed by atoms with Crippen molar-refractivity contribution < 1.29 is 125 Å². The van der Waals surface area contributed by atoms with E-state index in [9.17, 15) is 43.4 Å². The number of fused-ring (bicyclic) bond motifs is 13. The van der Waals surface area contributed by atoms with Crippen molar-refractivity contribution in [3.05, 3.63) is 106 Å². The molecule has 12 aromatic heterocycles. The first-order valence-electron chi connectivity index (χ1n) is 40.1. The summed E-state index contributed by atoms with van der Waals surface area (Å²) in [7, 11) is 0. The number of alkyl halides is 4. The molecule has 23 heterocycles. The fourth-order valence-corrected chi connectivity index (χ4v) is 31.0. The fraction of sp³-hybridized carbons (Fsp3) is 0.492. The van der Waals surface area contributed by atoms with E-state index in [-0.39, 0.29) is 70.2 Å². The molecule has 0 amide bonds. The smallest absolute Gasteiger partial charge is 0.386 e. The third-order valence-electron chi connectivity index (χ3n) is 23.5. The van der Waals surface area contributed by atoms with Gasteiger partial charge in [-0.15, -0.1) is 35.3 Å². The lowest BCUT2D eigenvalue weighted by Crippen LogP contribution is -2.45. The number of nitrogens with two attached hydrogens (primary N) is 6. The molecule has 11 aliphatic heterocycles. The molecule has 0 spiro atoms. The van der Waals surface area contributed by atoms with Gasteiger partial charge < -0.3 is 105 Å². The Morgan fingerprint density at radius 3 is 1.09 bits per heavy atom. The molecule has 0 saturated carbocycles. The number of aromatic nitrogens is 21. The van der Waals surface area contributed by atoms with Crippen LogP contribution in [0.5, 0.6) is 0 Å². The summed E-state index contributed by atoms with van der Waals surface area (Å²) in [6.07, 6.45) is -9.55. The monoisotopic (exact) mass is 2200 g/mol. The number of thioether (sulfide) groups is 3. The van der Waals surface area contributed by atoms with E-state index >= 15 is 17.6 Å². The summed E-state index contributed by atoms with van der Waals surface area (Å²) < 4.78 is 186. The zero-order valence-electron chi connectivity index (χ0n) is 68.5. The van der Waals surface area contributed by atoms with Crippen LogP contribution in [0.1, 0.15) is 34.8 Å². The zero-order valence-corrected chi connectivity index (χ0v) is 81.3. The number of thiol groups is 1. The third-order valence-corrected chi connectivity index (χ3v) is 37.4. The van der Waals surface area contributed by atoms with Crippen LogP contribution in [0, 0.1) is 0 Å². The summed E-state index contributed by atoms with van der Waals surface area (Å²) >= 11 is 33.6. The predicted octanol–water partition coefficient (Wildman–Crippen LogP) is 3.18. The van der Waals surface area contributed by atoms with Crippen LogP contribution in [0.15, 0.2) is 89.1 Å². The minimum absolute atomic E-state index is 0.0121. The summed E-state index contributed by atoms with van der Waals surface area (Å²) in [5.74, 6) is -0.581. The summed E-state index contributed by atoms with van der Waals surface area (Å²) in [5, 5.41) is -6.11. The number of nitrogens with zero attached hydrogens (tertiary/aromatic N) is 18. The Kier molecular flexibility index (Phi) is 25.4. The van der Waals surface area contributed by atoms with Crippen LogP contribution in [-0.2, 0) is 142 Å². The molecule has 11 aliphatic rings. The lowest BCUT2D eigenvalue weighted by atomic mass is 10.0. The fourth-order valence-electron chi connectivity index (χ4n) is 17.4. The lowest BCUT2D eigenvalue weighted by molar-refractivity contribution is -0.183. The molecule has 20 N–H and O–H groups in total. The van der Waals surface area contributed by atoms with E-state index in [2.05, 4.69) is 87.0 Å². The number of halogens is 4. The molecule has 72 heteroatoms. The van der Waals surface area contributed by atoms with Gasteiger partial charge in [0.1, 0.15) is 117 Å². The molecule has 0 aliphatic carbocycles. The molecule has 137 heavy (non-hydrogen) atoms. The molecule has 11 fully saturated rings. The third kappa shape index (κ3) is 17.8. The summed E-state index contributed by atoms with van der Waals surface area (Å²) in [6.45, 7) is -28.4. The van der Waals surface area contributed by atoms with Crippen LogP contribution in [0.2, 0.25) is 0 Å². The van der Waals surface area contributed by atoms with E-state index in [4.69, 9.17) is 171 Å². The first-order chi connectivity index (χ1) is 65.0. The molecule has 53 nitrogen and oxygen atoms in total. The molecule has 6 unspecified atom stereocenters. The second-order valence-electron chi connectivity index (χ2n) is 32.1. The van der Waals surface area contributed by atoms with Gasteiger partial charge in [-0.2, -0.15) is 15.0 Å². The Labute approximate surface area is 804 Å². The van der Waals surface area contributed by atoms with Crippen molar-refractivity contribution in [2.24, 2.45) is 0 Å². The lowest BCUT2D eigenvalue weighted by Gasteiger charge is -2.33. The number of nitrogen functional groups attached to an aromatic ring is 6. The second kappa shape index (κ2) is 36.0. The number of ether oxygens (including phenoxy) is 5. The van der Waals surface area contributed by atoms with Gasteiger partial charge in [0.25, 0.3) is 16.7 Å². The van der Waals surface area contributed by atoms with Gasteiger partial charge in [-0.25, -0.2) is 67.0 Å². The number of anilines is 6. The van der Waals surface area contributed by atoms with Crippen LogP contribution in [0.4, 0.5) is 52.5 Å². The van der Waals surface area contributed by atoms with Gasteiger partial charge in [0, 0.05) is 18.6 Å². The van der Waals surface area contributed by atoms with Gasteiger partial charge in [-0.05, 0) is 77.2 Å². The zero-order chi connectivity index (χ0) is 96.2. The molecule has 10 bridgehead atoms. The van der Waals surface area contributed by atoms with Gasteiger partial charge in [0.2, 0.25) is 17.8 Å². The highest BCUT2D eigenvalue weighted by Crippen LogP contribution is 2.66. The van der Waals surface area contributed by atoms with Crippen molar-refractivity contribution in [1.29, 1.82) is 0 Å². The molecule has 23 rings (SSSR count). The number of imidazole rings is 6. The molecular formula is C65H71F4N27O26P6S9. The van der Waals surface area contributed by atoms with Gasteiger partial charge >= 0.3 is 40.4 Å². The summed E-state index contributed by atoms with van der Waals surface area (Å²) in [5.41, 5.74) is 33.7. The standard InChI is InChI=1S/2C22H24FN9O9P2S3.C21H23F2N9O8P2S3/c2*23-10-9-3-37-42(34,44)41-15-14-19(31-6-27-11-8(24)1-2-26-16(11)31)39-22(15,4-36-14)5-38-43(35,45)40-13(10)20(46-9)32-7-28-12-17(32)29-21(25)30-18(12)33;22-10-9-4-37-42(35,44)39-14-8(38-19(11(14)23)31-5-27-12-7(24)1-2-26-16(12)31)3-36-41(34,43)40-15(10)20(45-9)32-6-28-13-17(32)29-21(25)30-18(13)33/h2*1-2,6-7,9-10,13-15,19-20H,3-5H2,(H2,24,26)(H,34,44)(H,35,45)(H3,25,29,30,33);1-2,5-6,8-11,14-15,19-20H,3-4H2,(H2,24,26)(H,34,43)(H,35,44)(H3,25,29,30,33)/t2*9-,10+,13-,14-,15+,19-,20-,22-,42?,43?;8-,9-,10+,11+,14-,15-,19-,20-,41?,42?/m111/s1. The first kappa shape index (κ1) is 96.6. The minimum atomic E-state index is -4.38. The number of hydrogen-bond acceptors (Lipinski definition) is 47. The van der Waals surface area contributed by atoms with E-state index in [0.717, 1.165) is 35.3 Å². The average Bonchev–Trinajstić information content (AvgIpc) is 1.56. The van der Waals surface area contributed by atoms with Crippen molar-refractivity contribution in [3.63, 3.8) is 0 Å². The molecular weight excluding hydrogens is 2130 g/mol. The SMILES string of the molecule is Nc1nc2c(ncn2[C@@H]2S[C@@H]3COP(=O)(S)O[C@H]4[C@H](F)[C@H](n5cnc6c(N)ccnc65)O[C@@H]4COP(O)(=S)O[C@@H]2[C@H]3F)c(=O)[nH]1.Nc1nc2c(ncn2[C@@H]2S[C@@H]3COP(O)(=S)O[C@H]4[C@H]5OC[C@]4(COP(O)(=S)O[C@@H]2[C@H]3F)O[C@H]5n2cnc3c(N)ccnc32)c(=O)[nH]1.Nc1nc2c(ncn2[C@@H]2S[C@@H]3COP(O)(=S)O[C@H]4[C@H]5OC[C@]4(COP(O)(=S)O[C@@H]2[C@H]3F)O[C@H]5n2cnc3c(N)ccnc32)c(=O)[nH]1. The summed E-state index contributed by atoms with van der Waals surface area (Å²) in [4.78, 5) is 151. The van der Waals surface area contributed by atoms with E-state index < -0.39 is 238 Å². The maximum atomic E-state index is 16.1. The number of nitrogens with one attached hydrogen (secondary N) is 3. The minimum Gasteiger partial charge on any atom is -0.397 e. The van der Waals surface area contributed by atoms with Gasteiger partial charge in [-0.1, -0.05) is 12.2 Å². The normalized spacial score (nSPS) is 39.0. The topological polar surface area (TPSA) is 714 Å². The Bertz CT molecular complexity index is 7080. The van der Waals surface area contributed by atoms with Crippen molar-refractivity contribution in [2.45, 2.75) is 141 Å². The molecule has 11 saturated heterocycles. The second-order valence-corrected chi connectivity index (χ2v) is 53.0. The maximum absolute atomic E-state index is 16.1. The number of aromatic amines is 3. The molecule has 0 radical (unpaired) electrons. The Morgan fingerprint density at radius 1 is 0.394 bits per heavy atom. The molecule has 30 atom stereocenters. The molecule has 0 aromatic carbocycles. The van der Waals surface area contributed by atoms with Crippen molar-refractivity contribution in [1.82, 2.24) is 102 Å². The highest BCUT2D eigenvalue weighted by atomic mass is 32.7. The average molecular weight is 2200 g/mol. The largest absolute Gasteiger partial charge is 0.397 e. The van der Waals surface area contributed by atoms with Gasteiger partial charge in [-0.3, -0.25) is 88.4 Å². The highest BCUT2D eigenvalue weighted by molar-refractivity contribution is 8.44. The number of hydrogen-bond donors (Lipinski definition) is 15. The van der Waals surface area contributed by atoms with Crippen molar-refractivity contribution >= 4 is 249 Å². The number of pyridine rings is 3. The van der Waals surface area contributed by atoms with Crippen molar-refractivity contribution in [3.8, 4) is 0 Å².